The molecule has 2 aromatic rings. The molecule has 20 heavy (non-hydrogen) atoms. The van der Waals surface area contributed by atoms with Gasteiger partial charge in [0.05, 0.1) is 12.2 Å². The molecular formula is C13H18N6O. The maximum absolute atomic E-state index is 5.52. The fraction of sp³-hybridized carbons (Fsp3) is 0.462. The monoisotopic (exact) mass is 274 g/mol. The van der Waals surface area contributed by atoms with Gasteiger partial charge in [-0.25, -0.2) is 15.8 Å². The first kappa shape index (κ1) is 12.9. The highest BCUT2D eigenvalue weighted by molar-refractivity contribution is 5.57. The lowest BCUT2D eigenvalue weighted by molar-refractivity contribution is 0.384. The van der Waals surface area contributed by atoms with Crippen LogP contribution in [0.4, 0.5) is 11.6 Å². The molecule has 4 N–H and O–H groups in total. The van der Waals surface area contributed by atoms with Gasteiger partial charge in [-0.3, -0.25) is 0 Å². The maximum atomic E-state index is 5.52. The van der Waals surface area contributed by atoms with Crippen LogP contribution in [0.5, 0.6) is 0 Å². The molecule has 7 heteroatoms. The summed E-state index contributed by atoms with van der Waals surface area (Å²) in [6, 6.07) is 1.90. The fourth-order valence-corrected chi connectivity index (χ4v) is 2.04. The van der Waals surface area contributed by atoms with Gasteiger partial charge in [-0.1, -0.05) is 5.16 Å². The third-order valence-corrected chi connectivity index (χ3v) is 3.35. The van der Waals surface area contributed by atoms with Crippen LogP contribution < -0.4 is 16.6 Å². The number of anilines is 2. The Balaban J connectivity index is 1.81. The largest absolute Gasteiger partial charge is 0.362 e. The second kappa shape index (κ2) is 5.09. The fourth-order valence-electron chi connectivity index (χ4n) is 2.04. The number of nitrogen functional groups attached to an aromatic ring is 1. The lowest BCUT2D eigenvalue weighted by Gasteiger charge is -2.12. The van der Waals surface area contributed by atoms with Crippen molar-refractivity contribution in [2.45, 2.75) is 39.2 Å². The molecule has 0 amide bonds. The second-order valence-corrected chi connectivity index (χ2v) is 5.11. The van der Waals surface area contributed by atoms with E-state index >= 15 is 0 Å². The second-order valence-electron chi connectivity index (χ2n) is 5.11. The number of nitrogens with one attached hydrogen (secondary N) is 2. The Bertz CT molecular complexity index is 619. The van der Waals surface area contributed by atoms with Crippen LogP contribution in [0.2, 0.25) is 0 Å². The molecule has 0 unspecified atom stereocenters. The van der Waals surface area contributed by atoms with E-state index in [-0.39, 0.29) is 0 Å². The van der Waals surface area contributed by atoms with E-state index in [4.69, 9.17) is 10.4 Å². The first-order valence-corrected chi connectivity index (χ1v) is 6.68. The predicted molar refractivity (Wildman–Crippen MR) is 75.1 cm³/mol. The molecule has 2 heterocycles. The summed E-state index contributed by atoms with van der Waals surface area (Å²) in [5.74, 6) is 9.06. The van der Waals surface area contributed by atoms with Crippen molar-refractivity contribution in [3.8, 4) is 0 Å². The van der Waals surface area contributed by atoms with Crippen molar-refractivity contribution in [3.05, 3.63) is 28.9 Å². The zero-order chi connectivity index (χ0) is 14.1. The van der Waals surface area contributed by atoms with Crippen molar-refractivity contribution in [1.82, 2.24) is 15.1 Å². The highest BCUT2D eigenvalue weighted by Gasteiger charge is 2.28. The van der Waals surface area contributed by atoms with E-state index in [1.807, 2.05) is 19.9 Å². The normalized spacial score (nSPS) is 14.3. The minimum Gasteiger partial charge on any atom is -0.362 e. The summed E-state index contributed by atoms with van der Waals surface area (Å²) >= 11 is 0. The minimum atomic E-state index is 0.468. The highest BCUT2D eigenvalue weighted by Crippen LogP contribution is 2.39. The molecule has 0 aliphatic heterocycles. The summed E-state index contributed by atoms with van der Waals surface area (Å²) < 4.78 is 5.18. The van der Waals surface area contributed by atoms with E-state index in [0.717, 1.165) is 41.5 Å². The summed E-state index contributed by atoms with van der Waals surface area (Å²) in [6.07, 6.45) is 2.29. The smallest absolute Gasteiger partial charge is 0.156 e. The molecule has 1 aliphatic carbocycles. The molecule has 0 atom stereocenters. The van der Waals surface area contributed by atoms with Crippen LogP contribution in [0.1, 0.15) is 41.6 Å². The number of nitrogens with two attached hydrogens (primary N) is 1. The van der Waals surface area contributed by atoms with Gasteiger partial charge in [-0.2, -0.15) is 0 Å². The topological polar surface area (TPSA) is 102 Å². The number of rotatable bonds is 5. The summed E-state index contributed by atoms with van der Waals surface area (Å²) in [7, 11) is 0. The van der Waals surface area contributed by atoms with Crippen LogP contribution in [-0.4, -0.2) is 15.1 Å². The lowest BCUT2D eigenvalue weighted by Crippen LogP contribution is -2.14. The van der Waals surface area contributed by atoms with Crippen LogP contribution in [0.25, 0.3) is 0 Å². The first-order valence-electron chi connectivity index (χ1n) is 6.68. The van der Waals surface area contributed by atoms with Crippen molar-refractivity contribution >= 4 is 11.6 Å². The molecule has 7 nitrogen and oxygen atoms in total. The SMILES string of the molecule is Cc1cc(CNc2nc(C3CC3)nc(NN)c2C)on1. The molecule has 3 rings (SSSR count). The summed E-state index contributed by atoms with van der Waals surface area (Å²) in [5, 5.41) is 7.12. The standard InChI is InChI=1S/C13H18N6O/c1-7-5-10(20-19-7)6-15-11-8(2)12(18-14)17-13(16-11)9-3-4-9/h5,9H,3-4,6,14H2,1-2H3,(H2,15,16,17,18). The molecule has 2 aromatic heterocycles. The first-order chi connectivity index (χ1) is 9.67. The summed E-state index contributed by atoms with van der Waals surface area (Å²) in [4.78, 5) is 9.03. The van der Waals surface area contributed by atoms with Gasteiger partial charge in [0.25, 0.3) is 0 Å². The molecule has 106 valence electrons. The Morgan fingerprint density at radius 3 is 2.65 bits per heavy atom. The Morgan fingerprint density at radius 1 is 1.30 bits per heavy atom. The summed E-state index contributed by atoms with van der Waals surface area (Å²) in [6.45, 7) is 4.36. The van der Waals surface area contributed by atoms with Gasteiger partial charge in [-0.05, 0) is 26.7 Å². The Hall–Kier alpha value is -2.15. The molecule has 1 aliphatic rings. The van der Waals surface area contributed by atoms with E-state index in [1.165, 1.54) is 0 Å². The van der Waals surface area contributed by atoms with Crippen LogP contribution in [0, 0.1) is 13.8 Å². The number of hydrogen-bond donors (Lipinski definition) is 3. The van der Waals surface area contributed by atoms with Gasteiger partial charge in [0.15, 0.2) is 5.76 Å². The molecule has 1 saturated carbocycles. The average molecular weight is 274 g/mol. The Kier molecular flexibility index (Phi) is 3.27. The molecule has 0 radical (unpaired) electrons. The maximum Gasteiger partial charge on any atom is 0.156 e. The van der Waals surface area contributed by atoms with E-state index in [1.54, 1.807) is 0 Å². The third-order valence-electron chi connectivity index (χ3n) is 3.35. The average Bonchev–Trinajstić information content (AvgIpc) is 3.21. The van der Waals surface area contributed by atoms with Gasteiger partial charge >= 0.3 is 0 Å². The van der Waals surface area contributed by atoms with E-state index < -0.39 is 0 Å². The van der Waals surface area contributed by atoms with Gasteiger partial charge in [0.2, 0.25) is 0 Å². The molecule has 0 bridgehead atoms. The van der Waals surface area contributed by atoms with Crippen LogP contribution in [-0.2, 0) is 6.54 Å². The van der Waals surface area contributed by atoms with Gasteiger partial charge in [-0.15, -0.1) is 0 Å². The molecule has 1 fully saturated rings. The van der Waals surface area contributed by atoms with Gasteiger partial charge in [0, 0.05) is 17.5 Å². The molecular weight excluding hydrogens is 256 g/mol. The number of hydrazine groups is 1. The predicted octanol–water partition coefficient (Wildman–Crippen LogP) is 1.86. The minimum absolute atomic E-state index is 0.468. The van der Waals surface area contributed by atoms with Crippen molar-refractivity contribution in [2.75, 3.05) is 10.7 Å². The lowest BCUT2D eigenvalue weighted by atomic mass is 10.2. The summed E-state index contributed by atoms with van der Waals surface area (Å²) in [5.41, 5.74) is 4.40. The zero-order valence-corrected chi connectivity index (χ0v) is 11.6. The van der Waals surface area contributed by atoms with Crippen molar-refractivity contribution in [1.29, 1.82) is 0 Å². The van der Waals surface area contributed by atoms with E-state index in [0.29, 0.717) is 18.3 Å². The van der Waals surface area contributed by atoms with E-state index in [9.17, 15) is 0 Å². The number of aryl methyl sites for hydroxylation is 1. The van der Waals surface area contributed by atoms with Crippen molar-refractivity contribution in [3.63, 3.8) is 0 Å². The molecule has 0 saturated heterocycles. The highest BCUT2D eigenvalue weighted by atomic mass is 16.5. The quantitative estimate of drug-likeness (QED) is 0.565. The Labute approximate surface area is 116 Å². The molecule has 0 aromatic carbocycles. The number of aromatic nitrogens is 3. The number of hydrogen-bond acceptors (Lipinski definition) is 7. The van der Waals surface area contributed by atoms with Crippen LogP contribution >= 0.6 is 0 Å². The van der Waals surface area contributed by atoms with Crippen LogP contribution in [0.15, 0.2) is 10.6 Å². The van der Waals surface area contributed by atoms with Crippen molar-refractivity contribution in [2.24, 2.45) is 5.84 Å². The molecule has 0 spiro atoms. The van der Waals surface area contributed by atoms with Gasteiger partial charge < -0.3 is 15.3 Å². The Morgan fingerprint density at radius 2 is 2.05 bits per heavy atom. The van der Waals surface area contributed by atoms with Crippen LogP contribution in [0.3, 0.4) is 0 Å². The zero-order valence-electron chi connectivity index (χ0n) is 11.6. The van der Waals surface area contributed by atoms with Crippen molar-refractivity contribution < 1.29 is 4.52 Å². The number of nitrogens with zero attached hydrogens (tertiary/aromatic N) is 3. The van der Waals surface area contributed by atoms with E-state index in [2.05, 4.69) is 25.9 Å². The third kappa shape index (κ3) is 2.57. The van der Waals surface area contributed by atoms with Gasteiger partial charge in [0.1, 0.15) is 17.5 Å².